The molecule has 260 valence electrons. The highest BCUT2D eigenvalue weighted by atomic mass is 35.5. The highest BCUT2D eigenvalue weighted by Crippen LogP contribution is 2.48. The fourth-order valence-electron chi connectivity index (χ4n) is 8.79. The predicted octanol–water partition coefficient (Wildman–Crippen LogP) is 6.20. The van der Waals surface area contributed by atoms with Gasteiger partial charge in [-0.15, -0.1) is 0 Å². The summed E-state index contributed by atoms with van der Waals surface area (Å²) in [6.45, 7) is 3.97. The van der Waals surface area contributed by atoms with Crippen molar-refractivity contribution in [2.45, 2.75) is 81.8 Å². The molecule has 2 bridgehead atoms. The van der Waals surface area contributed by atoms with Crippen molar-refractivity contribution < 1.29 is 31.5 Å². The van der Waals surface area contributed by atoms with E-state index in [9.17, 15) is 26.8 Å². The Balaban J connectivity index is 1.28. The third kappa shape index (κ3) is 6.18. The van der Waals surface area contributed by atoms with Crippen molar-refractivity contribution in [3.63, 3.8) is 0 Å². The van der Waals surface area contributed by atoms with Crippen LogP contribution in [-0.2, 0) is 26.7 Å². The molecule has 2 aliphatic carbocycles. The van der Waals surface area contributed by atoms with Crippen LogP contribution >= 0.6 is 11.6 Å². The summed E-state index contributed by atoms with van der Waals surface area (Å²) in [6.07, 6.45) is 6.14. The van der Waals surface area contributed by atoms with Gasteiger partial charge >= 0.3 is 0 Å². The van der Waals surface area contributed by atoms with Gasteiger partial charge in [0.2, 0.25) is 15.9 Å². The van der Waals surface area contributed by atoms with Crippen LogP contribution in [0.25, 0.3) is 0 Å². The quantitative estimate of drug-likeness (QED) is 0.380. The number of amides is 2. The minimum Gasteiger partial charge on any atom is -0.490 e. The summed E-state index contributed by atoms with van der Waals surface area (Å²) >= 11 is 6.41. The minimum absolute atomic E-state index is 0.0172. The maximum absolute atomic E-state index is 13.9. The number of nitrogens with one attached hydrogen (secondary N) is 1. The van der Waals surface area contributed by atoms with Gasteiger partial charge in [0.25, 0.3) is 11.8 Å². The fourth-order valence-corrected chi connectivity index (χ4v) is 10.3. The summed E-state index contributed by atoms with van der Waals surface area (Å²) in [5.74, 6) is -3.67. The third-order valence-electron chi connectivity index (χ3n) is 11.9. The lowest BCUT2D eigenvalue weighted by molar-refractivity contribution is -0.173. The van der Waals surface area contributed by atoms with Gasteiger partial charge in [-0.2, -0.15) is 0 Å². The number of benzene rings is 2. The molecule has 0 aromatic heterocycles. The van der Waals surface area contributed by atoms with E-state index in [0.717, 1.165) is 32.1 Å². The molecule has 3 heterocycles. The number of anilines is 1. The first-order valence-corrected chi connectivity index (χ1v) is 19.2. The normalized spacial score (nSPS) is 32.8. The van der Waals surface area contributed by atoms with Crippen molar-refractivity contribution in [3.8, 4) is 5.75 Å². The number of sulfonamides is 1. The molecular formula is C36H44ClF2N3O5S. The molecular weight excluding hydrogens is 660 g/mol. The van der Waals surface area contributed by atoms with E-state index in [1.807, 2.05) is 19.1 Å². The van der Waals surface area contributed by atoms with Crippen LogP contribution in [0.3, 0.4) is 0 Å². The third-order valence-corrected chi connectivity index (χ3v) is 14.1. The van der Waals surface area contributed by atoms with E-state index >= 15 is 0 Å². The number of fused-ring (bicyclic) bond motifs is 4. The summed E-state index contributed by atoms with van der Waals surface area (Å²) in [7, 11) is -4.01. The maximum Gasteiger partial charge on any atom is 0.282 e. The fraction of sp³-hybridized carbons (Fsp3) is 0.611. The van der Waals surface area contributed by atoms with E-state index in [4.69, 9.17) is 16.3 Å². The van der Waals surface area contributed by atoms with Gasteiger partial charge in [0.1, 0.15) is 5.75 Å². The van der Waals surface area contributed by atoms with E-state index in [0.29, 0.717) is 55.4 Å². The van der Waals surface area contributed by atoms with Crippen molar-refractivity contribution >= 4 is 39.1 Å². The Morgan fingerprint density at radius 3 is 2.54 bits per heavy atom. The lowest BCUT2D eigenvalue weighted by Crippen LogP contribution is -2.61. The Morgan fingerprint density at radius 1 is 1.02 bits per heavy atom. The molecule has 0 radical (unpaired) electrons. The zero-order chi connectivity index (χ0) is 34.0. The lowest BCUT2D eigenvalue weighted by atomic mass is 9.64. The summed E-state index contributed by atoms with van der Waals surface area (Å²) in [5.41, 5.74) is 2.98. The number of ether oxygens (including phenoxy) is 1. The van der Waals surface area contributed by atoms with Gasteiger partial charge in [-0.3, -0.25) is 9.59 Å². The van der Waals surface area contributed by atoms with Crippen LogP contribution in [0.5, 0.6) is 5.75 Å². The largest absolute Gasteiger partial charge is 0.490 e. The van der Waals surface area contributed by atoms with E-state index in [2.05, 4.69) is 15.7 Å². The number of carbonyl (C=O) groups excluding carboxylic acids is 2. The lowest BCUT2D eigenvalue weighted by Gasteiger charge is -2.48. The molecule has 48 heavy (non-hydrogen) atoms. The molecule has 3 aliphatic heterocycles. The minimum atomic E-state index is -4.01. The van der Waals surface area contributed by atoms with Gasteiger partial charge in [0, 0.05) is 35.0 Å². The van der Waals surface area contributed by atoms with Crippen LogP contribution < -0.4 is 14.4 Å². The topological polar surface area (TPSA) is 96.0 Å². The van der Waals surface area contributed by atoms with Crippen LogP contribution in [0.1, 0.15) is 80.3 Å². The van der Waals surface area contributed by atoms with E-state index in [1.165, 1.54) is 16.0 Å². The van der Waals surface area contributed by atoms with Crippen LogP contribution in [0.15, 0.2) is 36.4 Å². The summed E-state index contributed by atoms with van der Waals surface area (Å²) in [4.78, 5) is 30.8. The van der Waals surface area contributed by atoms with Crippen molar-refractivity contribution in [1.82, 2.24) is 9.62 Å². The smallest absolute Gasteiger partial charge is 0.282 e. The standard InChI is InChI=1S/C36H44ClF2N3O5S/c1-22-5-3-7-29(34(44)42-19-36(38,39)20-42)28-11-8-26(28)17-41-18-35(14-4-6-24-15-27(37)10-12-30(24)35)21-47-32-13-9-25(16-31(32)41)33(43)40-48(45,46)23(22)2/h9-10,12-13,15-16,22-23,26,28-29H,3-8,11,14,17-21H2,1-2H3,(H,40,43)/t22?,23?,26?,28?,29-,35?/m0/s1. The Labute approximate surface area is 286 Å². The number of carbonyl (C=O) groups is 2. The molecule has 5 aliphatic rings. The zero-order valence-corrected chi connectivity index (χ0v) is 29.1. The van der Waals surface area contributed by atoms with Gasteiger partial charge < -0.3 is 14.5 Å². The number of aryl methyl sites for hydroxylation is 1. The molecule has 1 saturated heterocycles. The van der Waals surface area contributed by atoms with Crippen molar-refractivity contribution in [3.05, 3.63) is 58.1 Å². The van der Waals surface area contributed by atoms with E-state index in [1.54, 1.807) is 25.1 Å². The Hall–Kier alpha value is -2.92. The number of halogens is 3. The number of likely N-dealkylation sites (tertiary alicyclic amines) is 1. The van der Waals surface area contributed by atoms with Crippen molar-refractivity contribution in [1.29, 1.82) is 0 Å². The van der Waals surface area contributed by atoms with Crippen molar-refractivity contribution in [2.75, 3.05) is 37.7 Å². The number of nitrogens with zero attached hydrogens (tertiary/aromatic N) is 2. The predicted molar refractivity (Wildman–Crippen MR) is 180 cm³/mol. The van der Waals surface area contributed by atoms with Gasteiger partial charge in [0.05, 0.1) is 30.6 Å². The molecule has 1 N–H and O–H groups in total. The Kier molecular flexibility index (Phi) is 8.70. The van der Waals surface area contributed by atoms with Crippen LogP contribution in [0.2, 0.25) is 5.02 Å². The van der Waals surface area contributed by atoms with Gasteiger partial charge in [-0.1, -0.05) is 31.0 Å². The molecule has 2 fully saturated rings. The van der Waals surface area contributed by atoms with Gasteiger partial charge in [-0.25, -0.2) is 21.9 Å². The molecule has 1 spiro atoms. The number of hydrogen-bond donors (Lipinski definition) is 1. The highest BCUT2D eigenvalue weighted by molar-refractivity contribution is 7.90. The summed E-state index contributed by atoms with van der Waals surface area (Å²) in [6, 6.07) is 11.1. The number of hydrogen-bond acceptors (Lipinski definition) is 6. The molecule has 8 nitrogen and oxygen atoms in total. The first-order valence-electron chi connectivity index (χ1n) is 17.3. The van der Waals surface area contributed by atoms with E-state index < -0.39 is 46.1 Å². The molecule has 1 saturated carbocycles. The molecule has 7 rings (SSSR count). The highest BCUT2D eigenvalue weighted by Gasteiger charge is 2.51. The average molecular weight is 704 g/mol. The second-order valence-electron chi connectivity index (χ2n) is 15.0. The molecule has 2 amide bonds. The van der Waals surface area contributed by atoms with Gasteiger partial charge in [0.15, 0.2) is 0 Å². The van der Waals surface area contributed by atoms with Crippen LogP contribution in [0, 0.1) is 23.7 Å². The molecule has 2 aromatic carbocycles. The van der Waals surface area contributed by atoms with Crippen molar-refractivity contribution in [2.24, 2.45) is 23.7 Å². The molecule has 2 aromatic rings. The first-order chi connectivity index (χ1) is 22.8. The second-order valence-corrected chi connectivity index (χ2v) is 17.5. The zero-order valence-electron chi connectivity index (χ0n) is 27.5. The number of rotatable bonds is 1. The van der Waals surface area contributed by atoms with Gasteiger partial charge in [-0.05, 0) is 111 Å². The molecule has 12 heteroatoms. The van der Waals surface area contributed by atoms with E-state index in [-0.39, 0.29) is 34.6 Å². The van der Waals surface area contributed by atoms with Crippen LogP contribution in [-0.4, -0.2) is 69.1 Å². The monoisotopic (exact) mass is 703 g/mol. The average Bonchev–Trinajstić information content (AvgIpc) is 3.16. The summed E-state index contributed by atoms with van der Waals surface area (Å²) < 4.78 is 63.4. The molecule has 6 atom stereocenters. The second kappa shape index (κ2) is 12.4. The SMILES string of the molecule is CC1CCC[C@H](C(=O)N2CC(F)(F)C2)C2CCC2CN2CC3(CCCc4cc(Cl)ccc43)COc3ccc(cc32)C(=O)NS(=O)(=O)C1C. The first kappa shape index (κ1) is 33.6. The van der Waals surface area contributed by atoms with Crippen LogP contribution in [0.4, 0.5) is 14.5 Å². The summed E-state index contributed by atoms with van der Waals surface area (Å²) in [5, 5.41) is -0.162. The molecule has 5 unspecified atom stereocenters. The Bertz CT molecular complexity index is 1710. The number of alkyl halides is 2. The maximum atomic E-state index is 13.9. The Morgan fingerprint density at radius 2 is 1.81 bits per heavy atom.